The highest BCUT2D eigenvalue weighted by Crippen LogP contribution is 2.44. The maximum Gasteiger partial charge on any atom is 0.419 e. The van der Waals surface area contributed by atoms with Gasteiger partial charge in [0.15, 0.2) is 11.5 Å². The first-order valence-electron chi connectivity index (χ1n) is 15.1. The SMILES string of the molecule is COc1cc(-c2cc3cc(CNC4CC(C)(C)NC(C)(C)C4)ccc3n2C(=O)OC(C)(C)C)c2c(c1OS(C)(=O)=O)CNC2=O. The standard InChI is InChI=1S/C33H44N4O7S/c1-31(2,3)43-30(39)37-24-11-10-19(17-34-21-15-32(4,5)36-33(6,7)16-21)12-20(24)13-25(37)22-14-26(42-8)28(44-45(9,40)41)23-18-35-29(38)27(22)23/h10-14,21,34,36H,15-18H2,1-9H3,(H,35,38). The van der Waals surface area contributed by atoms with Gasteiger partial charge in [-0.25, -0.2) is 9.36 Å². The van der Waals surface area contributed by atoms with Crippen molar-refractivity contribution in [3.05, 3.63) is 47.0 Å². The lowest BCUT2D eigenvalue weighted by atomic mass is 9.79. The Morgan fingerprint density at radius 3 is 2.36 bits per heavy atom. The molecule has 0 aliphatic carbocycles. The van der Waals surface area contributed by atoms with Crippen molar-refractivity contribution in [1.29, 1.82) is 0 Å². The van der Waals surface area contributed by atoms with Gasteiger partial charge in [-0.15, -0.1) is 0 Å². The second kappa shape index (κ2) is 11.3. The zero-order valence-electron chi connectivity index (χ0n) is 27.5. The quantitative estimate of drug-likeness (QED) is 0.302. The zero-order valence-corrected chi connectivity index (χ0v) is 28.3. The van der Waals surface area contributed by atoms with E-state index >= 15 is 0 Å². The van der Waals surface area contributed by atoms with Gasteiger partial charge < -0.3 is 29.6 Å². The Hall–Kier alpha value is -3.61. The minimum absolute atomic E-state index is 0.0123. The second-order valence-electron chi connectivity index (χ2n) is 14.4. The number of hydrogen-bond donors (Lipinski definition) is 3. The van der Waals surface area contributed by atoms with E-state index in [4.69, 9.17) is 13.7 Å². The number of ether oxygens (including phenoxy) is 2. The van der Waals surface area contributed by atoms with Crippen LogP contribution in [0.4, 0.5) is 4.79 Å². The van der Waals surface area contributed by atoms with E-state index in [1.165, 1.54) is 17.7 Å². The molecular formula is C33H44N4O7S. The maximum atomic E-state index is 13.7. The number of carbonyl (C=O) groups excluding carboxylic acids is 2. The Morgan fingerprint density at radius 2 is 1.76 bits per heavy atom. The molecule has 2 aliphatic rings. The van der Waals surface area contributed by atoms with Gasteiger partial charge in [0.2, 0.25) is 0 Å². The predicted molar refractivity (Wildman–Crippen MR) is 173 cm³/mol. The third-order valence-corrected chi connectivity index (χ3v) is 8.42. The van der Waals surface area contributed by atoms with Crippen molar-refractivity contribution < 1.29 is 31.7 Å². The predicted octanol–water partition coefficient (Wildman–Crippen LogP) is 5.08. The lowest BCUT2D eigenvalue weighted by molar-refractivity contribution is 0.0546. The molecule has 0 spiro atoms. The lowest BCUT2D eigenvalue weighted by Gasteiger charge is -2.46. The molecule has 0 unspecified atom stereocenters. The van der Waals surface area contributed by atoms with Crippen LogP contribution in [0.2, 0.25) is 0 Å². The molecule has 2 aliphatic heterocycles. The molecule has 244 valence electrons. The number of nitrogens with one attached hydrogen (secondary N) is 3. The molecule has 5 rings (SSSR count). The fraction of sp³-hybridized carbons (Fsp3) is 0.515. The molecule has 1 aromatic heterocycles. The molecule has 3 heterocycles. The molecule has 3 N–H and O–H groups in total. The van der Waals surface area contributed by atoms with Crippen molar-refractivity contribution in [3.63, 3.8) is 0 Å². The number of amides is 1. The van der Waals surface area contributed by atoms with E-state index in [1.54, 1.807) is 20.8 Å². The number of fused-ring (bicyclic) bond motifs is 2. The van der Waals surface area contributed by atoms with E-state index in [0.29, 0.717) is 34.9 Å². The number of methoxy groups -OCH3 is 1. The highest BCUT2D eigenvalue weighted by Gasteiger charge is 2.38. The first-order valence-corrected chi connectivity index (χ1v) is 16.9. The molecule has 45 heavy (non-hydrogen) atoms. The summed E-state index contributed by atoms with van der Waals surface area (Å²) in [5.41, 5.74) is 2.23. The fourth-order valence-corrected chi connectivity index (χ4v) is 7.27. The summed E-state index contributed by atoms with van der Waals surface area (Å²) in [6.45, 7) is 14.9. The van der Waals surface area contributed by atoms with Crippen LogP contribution in [-0.4, -0.2) is 61.1 Å². The van der Waals surface area contributed by atoms with Gasteiger partial charge in [0.05, 0.1) is 30.1 Å². The number of benzene rings is 2. The normalized spacial score (nSPS) is 18.0. The second-order valence-corrected chi connectivity index (χ2v) is 16.0. The molecule has 0 radical (unpaired) electrons. The van der Waals surface area contributed by atoms with Gasteiger partial charge in [-0.3, -0.25) is 4.79 Å². The topological polar surface area (TPSA) is 137 Å². The molecule has 1 amide bonds. The molecule has 3 aromatic rings. The fourth-order valence-electron chi connectivity index (χ4n) is 6.78. The van der Waals surface area contributed by atoms with Gasteiger partial charge in [0.1, 0.15) is 5.60 Å². The van der Waals surface area contributed by atoms with Gasteiger partial charge in [-0.1, -0.05) is 6.07 Å². The summed E-state index contributed by atoms with van der Waals surface area (Å²) in [5, 5.41) is 11.0. The number of rotatable bonds is 7. The third-order valence-electron chi connectivity index (χ3n) is 7.95. The molecule has 0 saturated carbocycles. The number of carbonyl (C=O) groups is 2. The maximum absolute atomic E-state index is 13.7. The molecule has 1 fully saturated rings. The number of nitrogens with zero attached hydrogens (tertiary/aromatic N) is 1. The van der Waals surface area contributed by atoms with Crippen LogP contribution in [0.5, 0.6) is 11.5 Å². The van der Waals surface area contributed by atoms with Crippen LogP contribution in [0.1, 0.15) is 82.8 Å². The first-order chi connectivity index (χ1) is 20.8. The molecule has 1 saturated heterocycles. The van der Waals surface area contributed by atoms with Gasteiger partial charge in [-0.05, 0) is 91.1 Å². The highest BCUT2D eigenvalue weighted by molar-refractivity contribution is 7.86. The summed E-state index contributed by atoms with van der Waals surface area (Å²) in [6.07, 6.45) is 2.30. The summed E-state index contributed by atoms with van der Waals surface area (Å²) in [6, 6.07) is 9.60. The summed E-state index contributed by atoms with van der Waals surface area (Å²) >= 11 is 0. The largest absolute Gasteiger partial charge is 0.493 e. The van der Waals surface area contributed by atoms with Crippen molar-refractivity contribution in [2.45, 2.75) is 97.1 Å². The average Bonchev–Trinajstić information content (AvgIpc) is 3.45. The first kappa shape index (κ1) is 32.8. The Bertz CT molecular complexity index is 1770. The summed E-state index contributed by atoms with van der Waals surface area (Å²) < 4.78 is 42.3. The van der Waals surface area contributed by atoms with Crippen LogP contribution < -0.4 is 24.9 Å². The Labute approximate surface area is 265 Å². The average molecular weight is 641 g/mol. The zero-order chi connectivity index (χ0) is 33.1. The molecule has 0 atom stereocenters. The minimum Gasteiger partial charge on any atom is -0.493 e. The van der Waals surface area contributed by atoms with Gasteiger partial charge in [-0.2, -0.15) is 8.42 Å². The number of aromatic nitrogens is 1. The van der Waals surface area contributed by atoms with E-state index in [1.807, 2.05) is 24.3 Å². The van der Waals surface area contributed by atoms with E-state index in [9.17, 15) is 18.0 Å². The van der Waals surface area contributed by atoms with Gasteiger partial charge in [0, 0.05) is 46.7 Å². The van der Waals surface area contributed by atoms with Crippen LogP contribution in [0, 0.1) is 0 Å². The molecule has 2 aromatic carbocycles. The highest BCUT2D eigenvalue weighted by atomic mass is 32.2. The number of hydrogen-bond acceptors (Lipinski definition) is 9. The van der Waals surface area contributed by atoms with E-state index in [2.05, 4.69) is 43.6 Å². The molecule has 12 heteroatoms. The number of piperidine rings is 1. The Kier molecular flexibility index (Phi) is 8.25. The van der Waals surface area contributed by atoms with Crippen LogP contribution in [0.25, 0.3) is 22.2 Å². The van der Waals surface area contributed by atoms with E-state index in [-0.39, 0.29) is 34.7 Å². The van der Waals surface area contributed by atoms with Gasteiger partial charge >= 0.3 is 16.2 Å². The molecule has 0 bridgehead atoms. The minimum atomic E-state index is -3.93. The smallest absolute Gasteiger partial charge is 0.419 e. The summed E-state index contributed by atoms with van der Waals surface area (Å²) in [4.78, 5) is 26.9. The monoisotopic (exact) mass is 640 g/mol. The molecule has 11 nitrogen and oxygen atoms in total. The Morgan fingerprint density at radius 1 is 1.09 bits per heavy atom. The van der Waals surface area contributed by atoms with Crippen molar-refractivity contribution in [2.24, 2.45) is 0 Å². The van der Waals surface area contributed by atoms with Crippen molar-refractivity contribution in [2.75, 3.05) is 13.4 Å². The van der Waals surface area contributed by atoms with E-state index < -0.39 is 27.7 Å². The summed E-state index contributed by atoms with van der Waals surface area (Å²) in [7, 11) is -2.54. The van der Waals surface area contributed by atoms with Crippen molar-refractivity contribution in [1.82, 2.24) is 20.5 Å². The van der Waals surface area contributed by atoms with Crippen molar-refractivity contribution in [3.8, 4) is 22.8 Å². The van der Waals surface area contributed by atoms with Crippen molar-refractivity contribution >= 4 is 33.0 Å². The van der Waals surface area contributed by atoms with Crippen LogP contribution in [-0.2, 0) is 27.9 Å². The third kappa shape index (κ3) is 7.13. The Balaban J connectivity index is 1.61. The summed E-state index contributed by atoms with van der Waals surface area (Å²) in [5.74, 6) is -0.362. The lowest BCUT2D eigenvalue weighted by Crippen LogP contribution is -2.61. The molecular weight excluding hydrogens is 596 g/mol. The van der Waals surface area contributed by atoms with Crippen LogP contribution in [0.3, 0.4) is 0 Å². The van der Waals surface area contributed by atoms with Gasteiger partial charge in [0.25, 0.3) is 5.91 Å². The van der Waals surface area contributed by atoms with E-state index in [0.717, 1.165) is 30.0 Å². The van der Waals surface area contributed by atoms with Crippen LogP contribution in [0.15, 0.2) is 30.3 Å². The van der Waals surface area contributed by atoms with Crippen LogP contribution >= 0.6 is 0 Å².